The number of esters is 2. The lowest BCUT2D eigenvalue weighted by Gasteiger charge is -2.56. The Labute approximate surface area is 259 Å². The number of rotatable bonds is 8. The Morgan fingerprint density at radius 1 is 0.955 bits per heavy atom. The summed E-state index contributed by atoms with van der Waals surface area (Å²) in [6, 6.07) is 13.9. The summed E-state index contributed by atoms with van der Waals surface area (Å²) in [6.07, 6.45) is 11.1. The van der Waals surface area contributed by atoms with Gasteiger partial charge in [0.15, 0.2) is 0 Å². The second kappa shape index (κ2) is 11.2. The Hall–Kier alpha value is -3.90. The molecule has 0 unspecified atom stereocenters. The Kier molecular flexibility index (Phi) is 7.36. The molecular weight excluding hydrogens is 550 g/mol. The number of carbonyl (C=O) groups is 2. The zero-order valence-electron chi connectivity index (χ0n) is 25.9. The number of hydrogen-bond acceptors (Lipinski definition) is 6. The van der Waals surface area contributed by atoms with Gasteiger partial charge in [0.05, 0.1) is 11.0 Å². The Balaban J connectivity index is 1.48. The third-order valence-electron chi connectivity index (χ3n) is 10.5. The average Bonchev–Trinajstić information content (AvgIpc) is 3.52. The van der Waals surface area contributed by atoms with Crippen molar-refractivity contribution in [2.45, 2.75) is 71.8 Å². The summed E-state index contributed by atoms with van der Waals surface area (Å²) in [7, 11) is 1.93. The molecule has 8 rings (SSSR count). The summed E-state index contributed by atoms with van der Waals surface area (Å²) < 4.78 is 12.2. The predicted molar refractivity (Wildman–Crippen MR) is 170 cm³/mol. The first-order chi connectivity index (χ1) is 21.4. The van der Waals surface area contributed by atoms with Gasteiger partial charge in [0.25, 0.3) is 0 Å². The molecule has 1 spiro atoms. The fourth-order valence-corrected chi connectivity index (χ4v) is 8.87. The maximum atomic E-state index is 14.1. The van der Waals surface area contributed by atoms with E-state index in [9.17, 15) is 14.7 Å². The number of cyclic esters (lactones) is 2. The molecule has 0 radical (unpaired) electrons. The highest BCUT2D eigenvalue weighted by molar-refractivity contribution is 6.07. The fourth-order valence-electron chi connectivity index (χ4n) is 8.87. The molecule has 6 heteroatoms. The average molecular weight is 592 g/mol. The van der Waals surface area contributed by atoms with E-state index in [1.807, 2.05) is 19.2 Å². The van der Waals surface area contributed by atoms with Gasteiger partial charge in [0.1, 0.15) is 17.3 Å². The van der Waals surface area contributed by atoms with E-state index in [2.05, 4.69) is 55.6 Å². The van der Waals surface area contributed by atoms with Crippen molar-refractivity contribution >= 4 is 17.5 Å². The lowest BCUT2D eigenvalue weighted by molar-refractivity contribution is -0.135. The third-order valence-corrected chi connectivity index (χ3v) is 10.5. The molecule has 2 aromatic carbocycles. The van der Waals surface area contributed by atoms with Crippen molar-refractivity contribution in [3.63, 3.8) is 0 Å². The smallest absolute Gasteiger partial charge is 0.340 e. The molecule has 6 nitrogen and oxygen atoms in total. The molecule has 228 valence electrons. The van der Waals surface area contributed by atoms with E-state index in [-0.39, 0.29) is 35.4 Å². The van der Waals surface area contributed by atoms with Crippen molar-refractivity contribution in [3.8, 4) is 16.9 Å². The number of nitrogens with one attached hydrogen (secondary N) is 1. The van der Waals surface area contributed by atoms with Crippen LogP contribution in [0.25, 0.3) is 16.7 Å². The SMILES string of the molecule is CCC/C=C1\OC(=O)C2=C1CC[C@H]1[C@H]3CC[C@]4(C(=C3c3cc(O)ccc3-c3cccc(CNC)c3)C(=O)O/C4=C\CCC)[C@@H]21. The summed E-state index contributed by atoms with van der Waals surface area (Å²) in [4.78, 5) is 27.8. The number of benzene rings is 2. The van der Waals surface area contributed by atoms with Gasteiger partial charge in [-0.2, -0.15) is 0 Å². The van der Waals surface area contributed by atoms with Gasteiger partial charge in [0, 0.05) is 23.6 Å². The summed E-state index contributed by atoms with van der Waals surface area (Å²) in [5, 5.41) is 14.1. The molecule has 2 fully saturated rings. The lowest BCUT2D eigenvalue weighted by atomic mass is 9.44. The third kappa shape index (κ3) is 4.25. The Bertz CT molecular complexity index is 1680. The van der Waals surface area contributed by atoms with Crippen LogP contribution in [0.5, 0.6) is 5.75 Å². The molecular formula is C38H41NO5. The van der Waals surface area contributed by atoms with Gasteiger partial charge in [0.2, 0.25) is 0 Å². The van der Waals surface area contributed by atoms with Gasteiger partial charge in [-0.05, 0) is 116 Å². The van der Waals surface area contributed by atoms with Crippen molar-refractivity contribution in [1.29, 1.82) is 0 Å². The van der Waals surface area contributed by atoms with Gasteiger partial charge in [-0.1, -0.05) is 51.0 Å². The number of fused-ring (bicyclic) bond motifs is 1. The van der Waals surface area contributed by atoms with Crippen molar-refractivity contribution in [1.82, 2.24) is 5.32 Å². The molecule has 4 atom stereocenters. The van der Waals surface area contributed by atoms with Crippen LogP contribution in [0.15, 0.2) is 82.9 Å². The zero-order chi connectivity index (χ0) is 30.6. The second-order valence-electron chi connectivity index (χ2n) is 12.9. The highest BCUT2D eigenvalue weighted by Crippen LogP contribution is 2.72. The summed E-state index contributed by atoms with van der Waals surface area (Å²) in [5.74, 6) is 1.06. The Morgan fingerprint density at radius 2 is 1.77 bits per heavy atom. The standard InChI is InChI=1S/C38H41NO5/c1-4-6-11-30-28-16-15-27-26-17-18-38(34(27)33(28)36(41)43-30)31(12-7-5-2)44-37(42)35(38)32(26)29-20-24(40)13-14-25(29)23-10-8-9-22(19-23)21-39-3/h8-14,19-20,26-27,34,39-40H,4-7,15-18,21H2,1-3H3/b30-11-,31-12-/t26-,27+,34-,38-/m1/s1. The number of ether oxygens (including phenoxy) is 2. The normalized spacial score (nSPS) is 28.8. The van der Waals surface area contributed by atoms with Crippen LogP contribution in [-0.4, -0.2) is 24.1 Å². The van der Waals surface area contributed by atoms with Crippen LogP contribution < -0.4 is 5.32 Å². The first-order valence-electron chi connectivity index (χ1n) is 16.3. The number of allylic oxidation sites excluding steroid dienone is 5. The van der Waals surface area contributed by atoms with E-state index in [0.29, 0.717) is 11.3 Å². The van der Waals surface area contributed by atoms with E-state index in [1.54, 1.807) is 6.07 Å². The second-order valence-corrected chi connectivity index (χ2v) is 12.9. The maximum absolute atomic E-state index is 14.1. The number of phenols is 1. The van der Waals surface area contributed by atoms with Crippen LogP contribution in [0, 0.1) is 23.2 Å². The number of carbonyl (C=O) groups excluding carboxylic acids is 2. The molecule has 0 amide bonds. The lowest BCUT2D eigenvalue weighted by Crippen LogP contribution is -2.52. The summed E-state index contributed by atoms with van der Waals surface area (Å²) in [6.45, 7) is 4.98. The summed E-state index contributed by atoms with van der Waals surface area (Å²) >= 11 is 0. The minimum absolute atomic E-state index is 0.0570. The molecule has 1 saturated carbocycles. The topological polar surface area (TPSA) is 84.9 Å². The van der Waals surface area contributed by atoms with Crippen LogP contribution >= 0.6 is 0 Å². The molecule has 2 aliphatic heterocycles. The van der Waals surface area contributed by atoms with Crippen LogP contribution in [0.2, 0.25) is 0 Å². The van der Waals surface area contributed by atoms with Crippen LogP contribution in [0.4, 0.5) is 0 Å². The van der Waals surface area contributed by atoms with Gasteiger partial charge in [-0.15, -0.1) is 0 Å². The molecule has 44 heavy (non-hydrogen) atoms. The number of hydrogen-bond donors (Lipinski definition) is 2. The fraction of sp³-hybridized carbons (Fsp3) is 0.421. The molecule has 2 bridgehead atoms. The van der Waals surface area contributed by atoms with Crippen molar-refractivity contribution in [3.05, 3.63) is 94.0 Å². The van der Waals surface area contributed by atoms with Crippen LogP contribution in [0.1, 0.15) is 76.3 Å². The van der Waals surface area contributed by atoms with E-state index in [0.717, 1.165) is 103 Å². The first kappa shape index (κ1) is 28.8. The monoisotopic (exact) mass is 591 g/mol. The minimum atomic E-state index is -0.724. The van der Waals surface area contributed by atoms with Crippen LogP contribution in [-0.2, 0) is 25.6 Å². The molecule has 4 aliphatic carbocycles. The van der Waals surface area contributed by atoms with E-state index in [1.165, 1.54) is 0 Å². The molecule has 2 N–H and O–H groups in total. The molecule has 0 aromatic heterocycles. The maximum Gasteiger partial charge on any atom is 0.340 e. The van der Waals surface area contributed by atoms with Gasteiger partial charge in [-0.3, -0.25) is 0 Å². The highest BCUT2D eigenvalue weighted by atomic mass is 16.5. The largest absolute Gasteiger partial charge is 0.508 e. The number of aromatic hydroxyl groups is 1. The zero-order valence-corrected chi connectivity index (χ0v) is 25.9. The van der Waals surface area contributed by atoms with Gasteiger partial charge in [-0.25, -0.2) is 9.59 Å². The van der Waals surface area contributed by atoms with Crippen LogP contribution in [0.3, 0.4) is 0 Å². The van der Waals surface area contributed by atoms with Crippen molar-refractivity contribution in [2.24, 2.45) is 23.2 Å². The minimum Gasteiger partial charge on any atom is -0.508 e. The Morgan fingerprint density at radius 3 is 2.57 bits per heavy atom. The number of unbranched alkanes of at least 4 members (excludes halogenated alkanes) is 2. The van der Waals surface area contributed by atoms with Crippen molar-refractivity contribution < 1.29 is 24.2 Å². The molecule has 2 heterocycles. The van der Waals surface area contributed by atoms with Crippen molar-refractivity contribution in [2.75, 3.05) is 7.05 Å². The highest BCUT2D eigenvalue weighted by Gasteiger charge is 2.68. The number of phenolic OH excluding ortho intramolecular Hbond substituents is 1. The van der Waals surface area contributed by atoms with Gasteiger partial charge < -0.3 is 19.9 Å². The first-order valence-corrected chi connectivity index (χ1v) is 16.3. The molecule has 6 aliphatic rings. The van der Waals surface area contributed by atoms with E-state index in [4.69, 9.17) is 9.47 Å². The molecule has 1 saturated heterocycles. The van der Waals surface area contributed by atoms with Gasteiger partial charge >= 0.3 is 11.9 Å². The van der Waals surface area contributed by atoms with E-state index >= 15 is 0 Å². The predicted octanol–water partition coefficient (Wildman–Crippen LogP) is 7.75. The summed E-state index contributed by atoms with van der Waals surface area (Å²) in [5.41, 5.74) is 6.82. The quantitative estimate of drug-likeness (QED) is 0.306. The van der Waals surface area contributed by atoms with E-state index < -0.39 is 5.41 Å². The molecule has 2 aromatic rings.